The summed E-state index contributed by atoms with van der Waals surface area (Å²) in [7, 11) is 0. The molecule has 2 heterocycles. The van der Waals surface area contributed by atoms with Crippen LogP contribution in [0, 0.1) is 12.3 Å². The van der Waals surface area contributed by atoms with Crippen molar-refractivity contribution in [3.05, 3.63) is 32.6 Å². The number of aromatic nitrogens is 2. The molecule has 8 nitrogen and oxygen atoms in total. The number of halogens is 3. The van der Waals surface area contributed by atoms with Crippen LogP contribution in [0.2, 0.25) is 0 Å². The molecule has 2 aliphatic rings. The van der Waals surface area contributed by atoms with E-state index in [0.717, 1.165) is 25.7 Å². The minimum absolute atomic E-state index is 0.0295. The van der Waals surface area contributed by atoms with E-state index in [4.69, 9.17) is 32.9 Å². The smallest absolute Gasteiger partial charge is 0.423 e. The zero-order valence-corrected chi connectivity index (χ0v) is 18.0. The van der Waals surface area contributed by atoms with Crippen molar-refractivity contribution in [3.63, 3.8) is 0 Å². The fraction of sp³-hybridized carbons (Fsp3) is 0.650. The summed E-state index contributed by atoms with van der Waals surface area (Å²) in [4.78, 5) is 25.4. The predicted molar refractivity (Wildman–Crippen MR) is 112 cm³/mol. The molecule has 0 spiro atoms. The summed E-state index contributed by atoms with van der Waals surface area (Å²) in [6.07, 6.45) is 3.69. The van der Waals surface area contributed by atoms with Crippen molar-refractivity contribution >= 4 is 17.4 Å². The first-order valence-corrected chi connectivity index (χ1v) is 10.7. The van der Waals surface area contributed by atoms with Crippen molar-refractivity contribution in [1.29, 1.82) is 0 Å². The van der Waals surface area contributed by atoms with Crippen LogP contribution in [-0.4, -0.2) is 46.2 Å². The van der Waals surface area contributed by atoms with Gasteiger partial charge in [-0.1, -0.05) is 25.2 Å². The molecule has 0 radical (unpaired) electrons. The maximum Gasteiger partial charge on any atom is 0.423 e. The van der Waals surface area contributed by atoms with Gasteiger partial charge in [0.05, 0.1) is 6.10 Å². The molecule has 3 atom stereocenters. The second-order valence-corrected chi connectivity index (χ2v) is 8.07. The molecule has 2 fully saturated rings. The molecule has 1 saturated carbocycles. The monoisotopic (exact) mass is 475 g/mol. The fourth-order valence-corrected chi connectivity index (χ4v) is 4.10. The molecule has 0 unspecified atom stereocenters. The van der Waals surface area contributed by atoms with Gasteiger partial charge in [-0.3, -0.25) is 14.3 Å². The lowest BCUT2D eigenvalue weighted by atomic mass is 9.96. The molecule has 1 aliphatic heterocycles. The number of ether oxygens (including phenoxy) is 3. The second kappa shape index (κ2) is 10.5. The first kappa shape index (κ1) is 24.3. The number of nitrogens with zero attached hydrogens (tertiary/aromatic N) is 1. The van der Waals surface area contributed by atoms with Gasteiger partial charge in [-0.15, -0.1) is 6.42 Å². The third kappa shape index (κ3) is 6.11. The van der Waals surface area contributed by atoms with Crippen LogP contribution in [0.4, 0.5) is 13.2 Å². The number of hydrogen-bond donors (Lipinski definition) is 2. The summed E-state index contributed by atoms with van der Waals surface area (Å²) in [5.41, 5.74) is -4.05. The summed E-state index contributed by atoms with van der Waals surface area (Å²) < 4.78 is 56.9. The molecule has 1 aromatic heterocycles. The molecule has 1 aromatic rings. The first-order chi connectivity index (χ1) is 15.2. The lowest BCUT2D eigenvalue weighted by molar-refractivity contribution is -0.139. The summed E-state index contributed by atoms with van der Waals surface area (Å²) in [6.45, 7) is -0.106. The molecule has 1 saturated heterocycles. The number of alkyl halides is 3. The van der Waals surface area contributed by atoms with E-state index in [9.17, 15) is 22.8 Å². The maximum absolute atomic E-state index is 13.1. The number of aromatic amines is 1. The van der Waals surface area contributed by atoms with Crippen molar-refractivity contribution in [1.82, 2.24) is 14.9 Å². The Morgan fingerprint density at radius 2 is 2.06 bits per heavy atom. The van der Waals surface area contributed by atoms with Crippen LogP contribution in [-0.2, 0) is 20.4 Å². The van der Waals surface area contributed by atoms with E-state index in [2.05, 4.69) is 11.2 Å². The number of nitrogens with one attached hydrogen (secondary N) is 2. The minimum atomic E-state index is -4.93. The van der Waals surface area contributed by atoms with Gasteiger partial charge in [0.15, 0.2) is 0 Å². The van der Waals surface area contributed by atoms with Gasteiger partial charge >= 0.3 is 11.9 Å². The van der Waals surface area contributed by atoms with Gasteiger partial charge in [0.2, 0.25) is 0 Å². The summed E-state index contributed by atoms with van der Waals surface area (Å²) in [6, 6.07) is 0.238. The van der Waals surface area contributed by atoms with Crippen molar-refractivity contribution in [3.8, 4) is 12.3 Å². The molecule has 0 amide bonds. The topological polar surface area (TPSA) is 94.6 Å². The zero-order valence-electron chi connectivity index (χ0n) is 17.2. The molecule has 3 rings (SSSR count). The van der Waals surface area contributed by atoms with Crippen LogP contribution in [0.15, 0.2) is 15.8 Å². The number of thiocarbonyl (C=S) groups is 1. The van der Waals surface area contributed by atoms with Gasteiger partial charge in [-0.05, 0) is 25.1 Å². The normalized spacial score (nSPS) is 24.1. The molecule has 12 heteroatoms. The van der Waals surface area contributed by atoms with Gasteiger partial charge < -0.3 is 19.5 Å². The van der Waals surface area contributed by atoms with E-state index in [1.54, 1.807) is 4.98 Å². The molecule has 176 valence electrons. The Labute approximate surface area is 187 Å². The summed E-state index contributed by atoms with van der Waals surface area (Å²) >= 11 is 5.23. The van der Waals surface area contributed by atoms with Crippen LogP contribution in [0.5, 0.6) is 0 Å². The van der Waals surface area contributed by atoms with E-state index in [0.29, 0.717) is 10.8 Å². The van der Waals surface area contributed by atoms with Crippen LogP contribution >= 0.6 is 12.2 Å². The van der Waals surface area contributed by atoms with Crippen LogP contribution in [0.25, 0.3) is 0 Å². The van der Waals surface area contributed by atoms with E-state index < -0.39 is 41.4 Å². The van der Waals surface area contributed by atoms with Crippen LogP contribution in [0.3, 0.4) is 0 Å². The largest absolute Gasteiger partial charge is 0.468 e. The quantitative estimate of drug-likeness (QED) is 0.481. The summed E-state index contributed by atoms with van der Waals surface area (Å²) in [5, 5.41) is 3.34. The minimum Gasteiger partial charge on any atom is -0.468 e. The third-order valence-corrected chi connectivity index (χ3v) is 5.69. The Morgan fingerprint density at radius 3 is 2.72 bits per heavy atom. The Morgan fingerprint density at radius 1 is 1.34 bits per heavy atom. The van der Waals surface area contributed by atoms with Gasteiger partial charge in [0, 0.05) is 18.7 Å². The molecule has 2 N–H and O–H groups in total. The molecular formula is C20H24F3N3O5S. The number of hydrogen-bond acceptors (Lipinski definition) is 6. The molecule has 0 bridgehead atoms. The van der Waals surface area contributed by atoms with E-state index in [1.807, 2.05) is 0 Å². The maximum atomic E-state index is 13.1. The predicted octanol–water partition coefficient (Wildman–Crippen LogP) is 2.09. The average molecular weight is 475 g/mol. The third-order valence-electron chi connectivity index (χ3n) is 5.45. The van der Waals surface area contributed by atoms with Crippen molar-refractivity contribution in [2.24, 2.45) is 0 Å². The SMILES string of the molecule is C#CCO[C@H]1C[C@H](n2cc(C(F)(F)F)c(=O)[nH]c2=O)O[C@@H]1COC(=S)NC1CCCCC1. The lowest BCUT2D eigenvalue weighted by Gasteiger charge is -2.25. The Hall–Kier alpha value is -2.36. The summed E-state index contributed by atoms with van der Waals surface area (Å²) in [5.74, 6) is 2.32. The molecule has 32 heavy (non-hydrogen) atoms. The van der Waals surface area contributed by atoms with Crippen molar-refractivity contribution < 1.29 is 27.4 Å². The van der Waals surface area contributed by atoms with Gasteiger partial charge in [-0.25, -0.2) is 4.79 Å². The lowest BCUT2D eigenvalue weighted by Crippen LogP contribution is -2.39. The van der Waals surface area contributed by atoms with Gasteiger partial charge in [-0.2, -0.15) is 13.2 Å². The highest BCUT2D eigenvalue weighted by Crippen LogP contribution is 2.32. The van der Waals surface area contributed by atoms with Crippen LogP contribution in [0.1, 0.15) is 50.3 Å². The van der Waals surface area contributed by atoms with Crippen LogP contribution < -0.4 is 16.6 Å². The average Bonchev–Trinajstić information content (AvgIpc) is 3.13. The highest BCUT2D eigenvalue weighted by molar-refractivity contribution is 7.80. The van der Waals surface area contributed by atoms with Gasteiger partial charge in [0.1, 0.15) is 31.1 Å². The van der Waals surface area contributed by atoms with E-state index in [-0.39, 0.29) is 30.9 Å². The number of rotatable bonds is 6. The molecule has 0 aromatic carbocycles. The van der Waals surface area contributed by atoms with E-state index >= 15 is 0 Å². The molecular weight excluding hydrogens is 451 g/mol. The molecule has 1 aliphatic carbocycles. The number of terminal acetylenes is 1. The first-order valence-electron chi connectivity index (χ1n) is 10.3. The highest BCUT2D eigenvalue weighted by atomic mass is 32.1. The van der Waals surface area contributed by atoms with Crippen molar-refractivity contribution in [2.75, 3.05) is 13.2 Å². The Bertz CT molecular complexity index is 965. The standard InChI is InChI=1S/C20H24F3N3O5S/c1-2-8-29-14-9-16(26-10-13(20(21,22)23)17(27)25-18(26)28)31-15(14)11-30-19(32)24-12-6-4-3-5-7-12/h1,10,12,14-16H,3-9,11H2,(H,24,32)(H,25,27,28)/t14-,15+,16+/m0/s1. The van der Waals surface area contributed by atoms with E-state index in [1.165, 1.54) is 6.42 Å². The van der Waals surface area contributed by atoms with Crippen molar-refractivity contribution in [2.45, 2.75) is 69.2 Å². The Balaban J connectivity index is 1.70. The van der Waals surface area contributed by atoms with Gasteiger partial charge in [0.25, 0.3) is 10.7 Å². The fourth-order valence-electron chi connectivity index (χ4n) is 3.87. The second-order valence-electron chi connectivity index (χ2n) is 7.70. The zero-order chi connectivity index (χ0) is 23.3. The number of H-pyrrole nitrogens is 1. The Kier molecular flexibility index (Phi) is 7.97. The highest BCUT2D eigenvalue weighted by Gasteiger charge is 2.40.